The van der Waals surface area contributed by atoms with Gasteiger partial charge in [-0.2, -0.15) is 8.78 Å². The molecule has 0 radical (unpaired) electrons. The van der Waals surface area contributed by atoms with Crippen molar-refractivity contribution in [1.29, 1.82) is 0 Å². The lowest BCUT2D eigenvalue weighted by Crippen LogP contribution is -2.51. The lowest BCUT2D eigenvalue weighted by atomic mass is 9.93. The van der Waals surface area contributed by atoms with E-state index < -0.39 is 12.2 Å². The van der Waals surface area contributed by atoms with E-state index in [-0.39, 0.29) is 23.6 Å². The molecule has 0 aliphatic carbocycles. The molecule has 0 N–H and O–H groups in total. The predicted octanol–water partition coefficient (Wildman–Crippen LogP) is 2.87. The molecule has 4 aliphatic rings. The average molecular weight is 481 g/mol. The Morgan fingerprint density at radius 1 is 1.06 bits per heavy atom. The van der Waals surface area contributed by atoms with Crippen LogP contribution >= 0.6 is 0 Å². The van der Waals surface area contributed by atoms with E-state index in [4.69, 9.17) is 23.8 Å². The fourth-order valence-corrected chi connectivity index (χ4v) is 4.75. The van der Waals surface area contributed by atoms with Crippen LogP contribution in [0.25, 0.3) is 0 Å². The Morgan fingerprint density at radius 2 is 1.82 bits per heavy atom. The summed E-state index contributed by atoms with van der Waals surface area (Å²) in [6, 6.07) is 4.85. The van der Waals surface area contributed by atoms with Gasteiger partial charge in [-0.3, -0.25) is 0 Å². The molecule has 1 atom stereocenters. The summed E-state index contributed by atoms with van der Waals surface area (Å²) in [6.07, 6.45) is 2.32. The summed E-state index contributed by atoms with van der Waals surface area (Å²) in [5, 5.41) is 4.23. The van der Waals surface area contributed by atoms with Crippen molar-refractivity contribution in [3.63, 3.8) is 0 Å². The van der Waals surface area contributed by atoms with Crippen LogP contribution in [0.2, 0.25) is 0 Å². The van der Waals surface area contributed by atoms with Crippen LogP contribution in [0.15, 0.2) is 23.4 Å². The minimum atomic E-state index is -2.97. The third kappa shape index (κ3) is 5.05. The number of morpholine rings is 1. The molecule has 0 saturated carbocycles. The van der Waals surface area contributed by atoms with E-state index in [2.05, 4.69) is 5.16 Å². The second-order valence-corrected chi connectivity index (χ2v) is 9.02. The number of urea groups is 1. The Hall–Kier alpha value is -2.66. The van der Waals surface area contributed by atoms with E-state index in [0.717, 1.165) is 17.7 Å². The highest BCUT2D eigenvalue weighted by Crippen LogP contribution is 2.37. The highest BCUT2D eigenvalue weighted by molar-refractivity contribution is 6.02. The number of amides is 2. The average Bonchev–Trinajstić information content (AvgIpc) is 3.50. The van der Waals surface area contributed by atoms with Crippen molar-refractivity contribution >= 4 is 11.7 Å². The summed E-state index contributed by atoms with van der Waals surface area (Å²) in [7, 11) is 0. The fourth-order valence-electron chi connectivity index (χ4n) is 4.75. The summed E-state index contributed by atoms with van der Waals surface area (Å²) in [5.74, 6) is 0.214. The molecule has 11 heteroatoms. The summed E-state index contributed by atoms with van der Waals surface area (Å²) < 4.78 is 47.6. The number of nitrogens with zero attached hydrogens (tertiary/aromatic N) is 3. The van der Waals surface area contributed by atoms with Crippen LogP contribution in [0, 0.1) is 0 Å². The third-order valence-corrected chi connectivity index (χ3v) is 6.69. The van der Waals surface area contributed by atoms with Crippen molar-refractivity contribution in [3.05, 3.63) is 23.8 Å². The van der Waals surface area contributed by atoms with E-state index in [0.29, 0.717) is 71.9 Å². The Kier molecular flexibility index (Phi) is 6.73. The van der Waals surface area contributed by atoms with Crippen LogP contribution in [-0.2, 0) is 14.3 Å². The molecule has 1 aromatic rings. The summed E-state index contributed by atoms with van der Waals surface area (Å²) in [5.41, 5.74) is 1.03. The number of rotatable bonds is 5. The standard InChI is InChI=1S/C23H29F2N3O6/c24-21(25)33-19-2-1-16(18-14-23(34-26-18)5-10-31-15-23)13-20(19)32-17-3-6-27(7-4-17)22(29)28-8-11-30-12-9-28/h1-2,13,17,21H,3-12,14-15H2. The molecule has 4 aliphatic heterocycles. The minimum Gasteiger partial charge on any atom is -0.486 e. The number of halogens is 2. The zero-order valence-electron chi connectivity index (χ0n) is 18.9. The van der Waals surface area contributed by atoms with Gasteiger partial charge >= 0.3 is 12.6 Å². The van der Waals surface area contributed by atoms with Gasteiger partial charge in [-0.1, -0.05) is 5.16 Å². The van der Waals surface area contributed by atoms with Crippen LogP contribution in [0.3, 0.4) is 0 Å². The van der Waals surface area contributed by atoms with Crippen molar-refractivity contribution in [1.82, 2.24) is 9.80 Å². The van der Waals surface area contributed by atoms with Crippen molar-refractivity contribution in [2.24, 2.45) is 5.16 Å². The van der Waals surface area contributed by atoms with E-state index in [1.165, 1.54) is 6.07 Å². The van der Waals surface area contributed by atoms with Gasteiger partial charge < -0.3 is 33.6 Å². The Balaban J connectivity index is 1.24. The zero-order valence-corrected chi connectivity index (χ0v) is 18.9. The van der Waals surface area contributed by atoms with Crippen LogP contribution in [0.1, 0.15) is 31.2 Å². The highest BCUT2D eigenvalue weighted by atomic mass is 19.3. The lowest BCUT2D eigenvalue weighted by molar-refractivity contribution is -0.0525. The molecule has 9 nitrogen and oxygen atoms in total. The topological polar surface area (TPSA) is 82.1 Å². The number of likely N-dealkylation sites (tertiary alicyclic amines) is 1. The summed E-state index contributed by atoms with van der Waals surface area (Å²) in [6.45, 7) is 1.52. The highest BCUT2D eigenvalue weighted by Gasteiger charge is 2.43. The molecule has 0 bridgehead atoms. The van der Waals surface area contributed by atoms with Gasteiger partial charge in [-0.05, 0) is 18.2 Å². The molecule has 0 aromatic heterocycles. The maximum atomic E-state index is 13.0. The van der Waals surface area contributed by atoms with Gasteiger partial charge in [0.1, 0.15) is 6.10 Å². The van der Waals surface area contributed by atoms with Crippen LogP contribution < -0.4 is 9.47 Å². The number of carbonyl (C=O) groups is 1. The SMILES string of the molecule is O=C(N1CCOCC1)N1CCC(Oc2cc(C3=NOC4(CCOC4)C3)ccc2OC(F)F)CC1. The zero-order chi connectivity index (χ0) is 23.5. The largest absolute Gasteiger partial charge is 0.486 e. The number of hydrogen-bond acceptors (Lipinski definition) is 7. The van der Waals surface area contributed by atoms with Gasteiger partial charge in [0.2, 0.25) is 0 Å². The van der Waals surface area contributed by atoms with Crippen LogP contribution in [-0.4, -0.2) is 92.5 Å². The first kappa shape index (κ1) is 23.1. The van der Waals surface area contributed by atoms with Crippen LogP contribution in [0.5, 0.6) is 11.5 Å². The molecule has 1 aromatic carbocycles. The van der Waals surface area contributed by atoms with Gasteiger partial charge in [0.25, 0.3) is 0 Å². The molecule has 5 rings (SSSR count). The first-order chi connectivity index (χ1) is 16.5. The number of oxime groups is 1. The smallest absolute Gasteiger partial charge is 0.387 e. The van der Waals surface area contributed by atoms with Gasteiger partial charge in [0.05, 0.1) is 32.1 Å². The molecule has 3 fully saturated rings. The number of benzene rings is 1. The van der Waals surface area contributed by atoms with Crippen LogP contribution in [0.4, 0.5) is 13.6 Å². The van der Waals surface area contributed by atoms with Crippen molar-refractivity contribution < 1.29 is 37.4 Å². The molecule has 1 spiro atoms. The van der Waals surface area contributed by atoms with Crippen molar-refractivity contribution in [3.8, 4) is 11.5 Å². The molecular formula is C23H29F2N3O6. The van der Waals surface area contributed by atoms with Gasteiger partial charge in [-0.25, -0.2) is 4.79 Å². The number of piperidine rings is 1. The number of ether oxygens (including phenoxy) is 4. The third-order valence-electron chi connectivity index (χ3n) is 6.69. The van der Waals surface area contributed by atoms with Gasteiger partial charge in [-0.15, -0.1) is 0 Å². The molecule has 4 heterocycles. The number of alkyl halides is 2. The number of carbonyl (C=O) groups excluding carboxylic acids is 1. The molecule has 34 heavy (non-hydrogen) atoms. The van der Waals surface area contributed by atoms with E-state index in [9.17, 15) is 13.6 Å². The quantitative estimate of drug-likeness (QED) is 0.644. The second-order valence-electron chi connectivity index (χ2n) is 9.02. The monoisotopic (exact) mass is 481 g/mol. The van der Waals surface area contributed by atoms with Crippen molar-refractivity contribution in [2.75, 3.05) is 52.6 Å². The number of hydrogen-bond donors (Lipinski definition) is 0. The maximum Gasteiger partial charge on any atom is 0.387 e. The minimum absolute atomic E-state index is 0.00883. The maximum absolute atomic E-state index is 13.0. The molecule has 3 saturated heterocycles. The molecule has 1 unspecified atom stereocenters. The molecule has 186 valence electrons. The van der Waals surface area contributed by atoms with E-state index in [1.54, 1.807) is 17.0 Å². The van der Waals surface area contributed by atoms with Gasteiger partial charge in [0.15, 0.2) is 17.1 Å². The Labute approximate surface area is 196 Å². The summed E-state index contributed by atoms with van der Waals surface area (Å²) >= 11 is 0. The summed E-state index contributed by atoms with van der Waals surface area (Å²) in [4.78, 5) is 22.0. The van der Waals surface area contributed by atoms with E-state index in [1.807, 2.05) is 4.90 Å². The Morgan fingerprint density at radius 3 is 2.53 bits per heavy atom. The van der Waals surface area contributed by atoms with Crippen molar-refractivity contribution in [2.45, 2.75) is 44.0 Å². The molecule has 2 amide bonds. The Bertz CT molecular complexity index is 910. The van der Waals surface area contributed by atoms with E-state index >= 15 is 0 Å². The first-order valence-electron chi connectivity index (χ1n) is 11.7. The normalized spacial score (nSPS) is 25.6. The molecular weight excluding hydrogens is 452 g/mol. The fraction of sp³-hybridized carbons (Fsp3) is 0.652. The predicted molar refractivity (Wildman–Crippen MR) is 116 cm³/mol. The van der Waals surface area contributed by atoms with Gasteiger partial charge in [0, 0.05) is 57.4 Å². The first-order valence-corrected chi connectivity index (χ1v) is 11.7. The lowest BCUT2D eigenvalue weighted by Gasteiger charge is -2.37. The second kappa shape index (κ2) is 9.91.